The normalized spacial score (nSPS) is 9.12. The first-order chi connectivity index (χ1) is 3.79. The molecule has 0 unspecified atom stereocenters. The Kier molecular flexibility index (Phi) is 1.72. The third-order valence-electron chi connectivity index (χ3n) is 1.02. The predicted molar refractivity (Wildman–Crippen MR) is 36.6 cm³/mol. The maximum atomic E-state index is 2.93. The van der Waals surface area contributed by atoms with Crippen molar-refractivity contribution in [3.63, 3.8) is 0 Å². The molecular formula is C7H7Se. The quantitative estimate of drug-likeness (QED) is 0.505. The number of aryl methyl sites for hydroxylation is 1. The minimum absolute atomic E-state index is 1.20. The van der Waals surface area contributed by atoms with E-state index >= 15 is 0 Å². The van der Waals surface area contributed by atoms with Crippen LogP contribution in [-0.2, 0) is 0 Å². The van der Waals surface area contributed by atoms with Crippen LogP contribution in [0.2, 0.25) is 0 Å². The first-order valence-electron chi connectivity index (χ1n) is 2.53. The number of benzene rings is 1. The van der Waals surface area contributed by atoms with Crippen molar-refractivity contribution in [2.45, 2.75) is 6.92 Å². The zero-order valence-corrected chi connectivity index (χ0v) is 6.43. The molecule has 41 valence electrons. The molecule has 0 saturated carbocycles. The summed E-state index contributed by atoms with van der Waals surface area (Å²) in [6.45, 7) is 2.08. The Bertz CT molecular complexity index is 143. The molecule has 0 spiro atoms. The zero-order valence-electron chi connectivity index (χ0n) is 4.72. The van der Waals surface area contributed by atoms with Gasteiger partial charge in [-0.1, -0.05) is 0 Å². The molecule has 0 bridgehead atoms. The van der Waals surface area contributed by atoms with Crippen LogP contribution < -0.4 is 4.46 Å². The summed E-state index contributed by atoms with van der Waals surface area (Å²) in [7, 11) is 0. The van der Waals surface area contributed by atoms with Crippen molar-refractivity contribution in [3.05, 3.63) is 29.8 Å². The first-order valence-corrected chi connectivity index (χ1v) is 3.38. The number of rotatable bonds is 0. The van der Waals surface area contributed by atoms with Gasteiger partial charge in [-0.15, -0.1) is 0 Å². The van der Waals surface area contributed by atoms with Gasteiger partial charge in [0.15, 0.2) is 0 Å². The molecule has 1 heteroatoms. The van der Waals surface area contributed by atoms with E-state index in [1.165, 1.54) is 10.0 Å². The van der Waals surface area contributed by atoms with Crippen LogP contribution in [-0.4, -0.2) is 16.0 Å². The van der Waals surface area contributed by atoms with Gasteiger partial charge < -0.3 is 0 Å². The number of hydrogen-bond donors (Lipinski definition) is 0. The van der Waals surface area contributed by atoms with Crippen molar-refractivity contribution in [2.75, 3.05) is 0 Å². The third kappa shape index (κ3) is 1.36. The molecule has 1 radical (unpaired) electrons. The molecule has 0 aromatic heterocycles. The van der Waals surface area contributed by atoms with E-state index < -0.39 is 0 Å². The Balaban J connectivity index is 3.03. The molecule has 1 aromatic carbocycles. The molecule has 0 saturated heterocycles. The van der Waals surface area contributed by atoms with E-state index in [0.717, 1.165) is 0 Å². The molecule has 1 rings (SSSR count). The average Bonchev–Trinajstić information content (AvgIpc) is 1.77. The van der Waals surface area contributed by atoms with E-state index in [1.807, 2.05) is 0 Å². The van der Waals surface area contributed by atoms with Crippen LogP contribution >= 0.6 is 0 Å². The van der Waals surface area contributed by atoms with Gasteiger partial charge in [0.05, 0.1) is 0 Å². The molecular weight excluding hydrogens is 163 g/mol. The summed E-state index contributed by atoms with van der Waals surface area (Å²) >= 11 is 2.93. The summed E-state index contributed by atoms with van der Waals surface area (Å²) in [6, 6.07) is 8.31. The van der Waals surface area contributed by atoms with Gasteiger partial charge in [0, 0.05) is 0 Å². The van der Waals surface area contributed by atoms with Gasteiger partial charge >= 0.3 is 57.2 Å². The fraction of sp³-hybridized carbons (Fsp3) is 0.143. The summed E-state index contributed by atoms with van der Waals surface area (Å²) < 4.78 is 1.20. The molecule has 0 nitrogen and oxygen atoms in total. The summed E-state index contributed by atoms with van der Waals surface area (Å²) in [4.78, 5) is 0. The van der Waals surface area contributed by atoms with Gasteiger partial charge in [0.1, 0.15) is 0 Å². The molecule has 8 heavy (non-hydrogen) atoms. The topological polar surface area (TPSA) is 0 Å². The molecule has 0 amide bonds. The second-order valence-corrected chi connectivity index (χ2v) is 2.80. The second kappa shape index (κ2) is 2.34. The molecule has 0 heterocycles. The van der Waals surface area contributed by atoms with Crippen molar-refractivity contribution in [2.24, 2.45) is 0 Å². The van der Waals surface area contributed by atoms with E-state index in [1.54, 1.807) is 0 Å². The second-order valence-electron chi connectivity index (χ2n) is 1.81. The Morgan fingerprint density at radius 2 is 1.62 bits per heavy atom. The molecule has 1 aromatic rings. The van der Waals surface area contributed by atoms with Crippen molar-refractivity contribution in [3.8, 4) is 0 Å². The molecule has 0 aliphatic rings. The van der Waals surface area contributed by atoms with Crippen LogP contribution in [0.25, 0.3) is 0 Å². The van der Waals surface area contributed by atoms with Crippen molar-refractivity contribution < 1.29 is 0 Å². The van der Waals surface area contributed by atoms with Crippen molar-refractivity contribution >= 4 is 20.5 Å². The Hall–Kier alpha value is -0.261. The predicted octanol–water partition coefficient (Wildman–Crippen LogP) is 0.789. The van der Waals surface area contributed by atoms with E-state index in [0.29, 0.717) is 0 Å². The molecule has 0 N–H and O–H groups in total. The van der Waals surface area contributed by atoms with E-state index in [9.17, 15) is 0 Å². The molecule has 0 fully saturated rings. The standard InChI is InChI=1S/C7H7Se/c1-6-2-4-7(8)5-3-6/h2-5H,1H3. The van der Waals surface area contributed by atoms with Crippen LogP contribution in [0.3, 0.4) is 0 Å². The molecule has 0 aliphatic carbocycles. The first kappa shape index (κ1) is 5.87. The van der Waals surface area contributed by atoms with Crippen LogP contribution in [0, 0.1) is 6.92 Å². The fourth-order valence-corrected chi connectivity index (χ4v) is 0.824. The van der Waals surface area contributed by atoms with Gasteiger partial charge in [0.25, 0.3) is 0 Å². The van der Waals surface area contributed by atoms with E-state index in [2.05, 4.69) is 47.2 Å². The minimum atomic E-state index is 1.20. The zero-order chi connectivity index (χ0) is 5.98. The Labute approximate surface area is 57.7 Å². The van der Waals surface area contributed by atoms with Crippen molar-refractivity contribution in [1.82, 2.24) is 0 Å². The van der Waals surface area contributed by atoms with Crippen LogP contribution in [0.5, 0.6) is 0 Å². The van der Waals surface area contributed by atoms with Gasteiger partial charge in [-0.2, -0.15) is 0 Å². The molecule has 0 atom stereocenters. The summed E-state index contributed by atoms with van der Waals surface area (Å²) in [6.07, 6.45) is 0. The van der Waals surface area contributed by atoms with Gasteiger partial charge in [-0.05, 0) is 0 Å². The number of hydrogen-bond acceptors (Lipinski definition) is 0. The van der Waals surface area contributed by atoms with Crippen LogP contribution in [0.15, 0.2) is 24.3 Å². The summed E-state index contributed by atoms with van der Waals surface area (Å²) in [5, 5.41) is 0. The maximum absolute atomic E-state index is 2.93. The van der Waals surface area contributed by atoms with Crippen LogP contribution in [0.4, 0.5) is 0 Å². The SMILES string of the molecule is Cc1ccc([Se])cc1. The Morgan fingerprint density at radius 1 is 1.12 bits per heavy atom. The summed E-state index contributed by atoms with van der Waals surface area (Å²) in [5.41, 5.74) is 1.31. The monoisotopic (exact) mass is 171 g/mol. The average molecular weight is 170 g/mol. The van der Waals surface area contributed by atoms with Crippen molar-refractivity contribution in [1.29, 1.82) is 0 Å². The van der Waals surface area contributed by atoms with Gasteiger partial charge in [-0.25, -0.2) is 0 Å². The Morgan fingerprint density at radius 3 is 2.00 bits per heavy atom. The van der Waals surface area contributed by atoms with Gasteiger partial charge in [0.2, 0.25) is 0 Å². The third-order valence-corrected chi connectivity index (χ3v) is 1.59. The summed E-state index contributed by atoms with van der Waals surface area (Å²) in [5.74, 6) is 0. The fourth-order valence-electron chi connectivity index (χ4n) is 0.538. The molecule has 0 aliphatic heterocycles. The van der Waals surface area contributed by atoms with E-state index in [-0.39, 0.29) is 0 Å². The van der Waals surface area contributed by atoms with Crippen LogP contribution in [0.1, 0.15) is 5.56 Å². The van der Waals surface area contributed by atoms with E-state index in [4.69, 9.17) is 0 Å². The van der Waals surface area contributed by atoms with Gasteiger partial charge in [-0.3, -0.25) is 0 Å².